The fourth-order valence-electron chi connectivity index (χ4n) is 2.51. The first-order chi connectivity index (χ1) is 6.88. The van der Waals surface area contributed by atoms with Crippen LogP contribution in [0.1, 0.15) is 62.1 Å². The SMILES string of the molecule is Cc1cn[nH]c1C1CCCCCCC1. The van der Waals surface area contributed by atoms with Gasteiger partial charge in [0.15, 0.2) is 0 Å². The van der Waals surface area contributed by atoms with E-state index in [2.05, 4.69) is 17.1 Å². The Morgan fingerprint density at radius 3 is 2.36 bits per heavy atom. The van der Waals surface area contributed by atoms with Gasteiger partial charge in [0.2, 0.25) is 0 Å². The number of hydrogen-bond donors (Lipinski definition) is 1. The summed E-state index contributed by atoms with van der Waals surface area (Å²) in [5.41, 5.74) is 2.74. The highest BCUT2D eigenvalue weighted by Gasteiger charge is 2.16. The molecule has 1 saturated carbocycles. The molecule has 0 spiro atoms. The van der Waals surface area contributed by atoms with E-state index in [1.807, 2.05) is 6.20 Å². The number of hydrogen-bond acceptors (Lipinski definition) is 1. The molecule has 0 unspecified atom stereocenters. The molecule has 0 bridgehead atoms. The highest BCUT2D eigenvalue weighted by atomic mass is 15.1. The zero-order chi connectivity index (χ0) is 9.80. The van der Waals surface area contributed by atoms with Crippen molar-refractivity contribution in [1.82, 2.24) is 10.2 Å². The van der Waals surface area contributed by atoms with Gasteiger partial charge in [0.05, 0.1) is 6.20 Å². The van der Waals surface area contributed by atoms with E-state index >= 15 is 0 Å². The van der Waals surface area contributed by atoms with Crippen LogP contribution in [-0.2, 0) is 0 Å². The maximum Gasteiger partial charge on any atom is 0.0519 e. The molecule has 1 fully saturated rings. The van der Waals surface area contributed by atoms with Crippen molar-refractivity contribution in [2.75, 3.05) is 0 Å². The standard InChI is InChI=1S/C12H20N2/c1-10-9-13-14-12(10)11-7-5-3-2-4-6-8-11/h9,11H,2-8H2,1H3,(H,13,14). The van der Waals surface area contributed by atoms with Crippen molar-refractivity contribution in [1.29, 1.82) is 0 Å². The predicted octanol–water partition coefficient (Wildman–Crippen LogP) is 3.55. The van der Waals surface area contributed by atoms with Gasteiger partial charge in [-0.3, -0.25) is 5.10 Å². The van der Waals surface area contributed by atoms with E-state index in [-0.39, 0.29) is 0 Å². The predicted molar refractivity (Wildman–Crippen MR) is 58.4 cm³/mol. The van der Waals surface area contributed by atoms with Gasteiger partial charge in [-0.05, 0) is 25.3 Å². The lowest BCUT2D eigenvalue weighted by atomic mass is 9.88. The molecule has 0 aromatic carbocycles. The summed E-state index contributed by atoms with van der Waals surface area (Å²) in [4.78, 5) is 0. The summed E-state index contributed by atoms with van der Waals surface area (Å²) >= 11 is 0. The highest BCUT2D eigenvalue weighted by molar-refractivity contribution is 5.18. The van der Waals surface area contributed by atoms with E-state index in [1.54, 1.807) is 0 Å². The summed E-state index contributed by atoms with van der Waals surface area (Å²) in [6.45, 7) is 2.16. The van der Waals surface area contributed by atoms with Gasteiger partial charge in [-0.15, -0.1) is 0 Å². The van der Waals surface area contributed by atoms with E-state index in [0.717, 1.165) is 5.92 Å². The molecule has 1 aliphatic rings. The Kier molecular flexibility index (Phi) is 3.22. The monoisotopic (exact) mass is 192 g/mol. The molecule has 1 aromatic heterocycles. The Morgan fingerprint density at radius 2 is 1.79 bits per heavy atom. The summed E-state index contributed by atoms with van der Waals surface area (Å²) in [5, 5.41) is 7.30. The molecule has 0 radical (unpaired) electrons. The topological polar surface area (TPSA) is 28.7 Å². The molecule has 2 rings (SSSR count). The average molecular weight is 192 g/mol. The first-order valence-electron chi connectivity index (χ1n) is 5.88. The first kappa shape index (κ1) is 9.75. The van der Waals surface area contributed by atoms with Crippen LogP contribution in [-0.4, -0.2) is 10.2 Å². The molecule has 0 atom stereocenters. The van der Waals surface area contributed by atoms with Crippen molar-refractivity contribution in [3.8, 4) is 0 Å². The zero-order valence-corrected chi connectivity index (χ0v) is 9.05. The second kappa shape index (κ2) is 4.63. The van der Waals surface area contributed by atoms with Crippen molar-refractivity contribution in [3.63, 3.8) is 0 Å². The van der Waals surface area contributed by atoms with Crippen LogP contribution in [0.3, 0.4) is 0 Å². The van der Waals surface area contributed by atoms with Crippen LogP contribution in [0.2, 0.25) is 0 Å². The number of H-pyrrole nitrogens is 1. The van der Waals surface area contributed by atoms with Gasteiger partial charge in [-0.25, -0.2) is 0 Å². The molecule has 2 nitrogen and oxygen atoms in total. The number of nitrogens with one attached hydrogen (secondary N) is 1. The van der Waals surface area contributed by atoms with Gasteiger partial charge in [0, 0.05) is 11.6 Å². The van der Waals surface area contributed by atoms with Gasteiger partial charge in [0.1, 0.15) is 0 Å². The molecule has 0 saturated heterocycles. The van der Waals surface area contributed by atoms with Gasteiger partial charge >= 0.3 is 0 Å². The van der Waals surface area contributed by atoms with Crippen molar-refractivity contribution in [2.45, 2.75) is 57.8 Å². The lowest BCUT2D eigenvalue weighted by molar-refractivity contribution is 0.448. The summed E-state index contributed by atoms with van der Waals surface area (Å²) in [6.07, 6.45) is 11.7. The lowest BCUT2D eigenvalue weighted by Gasteiger charge is -2.18. The van der Waals surface area contributed by atoms with E-state index in [0.29, 0.717) is 0 Å². The Hall–Kier alpha value is -0.790. The molecule has 2 heteroatoms. The number of rotatable bonds is 1. The van der Waals surface area contributed by atoms with Gasteiger partial charge < -0.3 is 0 Å². The Balaban J connectivity index is 2.04. The van der Waals surface area contributed by atoms with E-state index in [1.165, 1.54) is 56.2 Å². The molecule has 1 heterocycles. The minimum absolute atomic E-state index is 0.748. The second-order valence-corrected chi connectivity index (χ2v) is 4.51. The van der Waals surface area contributed by atoms with Crippen molar-refractivity contribution in [2.24, 2.45) is 0 Å². The molecule has 1 aromatic rings. The molecule has 0 amide bonds. The van der Waals surface area contributed by atoms with Crippen molar-refractivity contribution in [3.05, 3.63) is 17.5 Å². The Morgan fingerprint density at radius 1 is 1.14 bits per heavy atom. The average Bonchev–Trinajstić information content (AvgIpc) is 2.51. The highest BCUT2D eigenvalue weighted by Crippen LogP contribution is 2.30. The lowest BCUT2D eigenvalue weighted by Crippen LogP contribution is -2.04. The molecular weight excluding hydrogens is 172 g/mol. The largest absolute Gasteiger partial charge is 0.282 e. The van der Waals surface area contributed by atoms with E-state index < -0.39 is 0 Å². The van der Waals surface area contributed by atoms with E-state index in [9.17, 15) is 0 Å². The maximum atomic E-state index is 4.13. The summed E-state index contributed by atoms with van der Waals surface area (Å²) < 4.78 is 0. The number of nitrogens with zero attached hydrogens (tertiary/aromatic N) is 1. The van der Waals surface area contributed by atoms with Crippen LogP contribution in [0, 0.1) is 6.92 Å². The van der Waals surface area contributed by atoms with Crippen LogP contribution < -0.4 is 0 Å². The zero-order valence-electron chi connectivity index (χ0n) is 9.05. The fourth-order valence-corrected chi connectivity index (χ4v) is 2.51. The van der Waals surface area contributed by atoms with Crippen molar-refractivity contribution < 1.29 is 0 Å². The third kappa shape index (κ3) is 2.17. The van der Waals surface area contributed by atoms with Crippen LogP contribution in [0.4, 0.5) is 0 Å². The maximum absolute atomic E-state index is 4.13. The summed E-state index contributed by atoms with van der Waals surface area (Å²) in [7, 11) is 0. The van der Waals surface area contributed by atoms with Crippen LogP contribution in [0.5, 0.6) is 0 Å². The van der Waals surface area contributed by atoms with Gasteiger partial charge in [0.25, 0.3) is 0 Å². The smallest absolute Gasteiger partial charge is 0.0519 e. The summed E-state index contributed by atoms with van der Waals surface area (Å²) in [5.74, 6) is 0.748. The molecule has 1 aliphatic carbocycles. The molecular formula is C12H20N2. The normalized spacial score (nSPS) is 20.4. The van der Waals surface area contributed by atoms with Gasteiger partial charge in [-0.1, -0.05) is 32.1 Å². The first-order valence-corrected chi connectivity index (χ1v) is 5.88. The summed E-state index contributed by atoms with van der Waals surface area (Å²) in [6, 6.07) is 0. The van der Waals surface area contributed by atoms with E-state index in [4.69, 9.17) is 0 Å². The Labute approximate surface area is 86.1 Å². The molecule has 14 heavy (non-hydrogen) atoms. The third-order valence-corrected chi connectivity index (χ3v) is 3.38. The minimum Gasteiger partial charge on any atom is -0.282 e. The second-order valence-electron chi connectivity index (χ2n) is 4.51. The van der Waals surface area contributed by atoms with Crippen LogP contribution in [0.15, 0.2) is 6.20 Å². The quantitative estimate of drug-likeness (QED) is 0.724. The number of aromatic nitrogens is 2. The third-order valence-electron chi connectivity index (χ3n) is 3.38. The minimum atomic E-state index is 0.748. The molecule has 78 valence electrons. The Bertz CT molecular complexity index is 270. The molecule has 1 N–H and O–H groups in total. The fraction of sp³-hybridized carbons (Fsp3) is 0.750. The van der Waals surface area contributed by atoms with Crippen LogP contribution in [0.25, 0.3) is 0 Å². The van der Waals surface area contributed by atoms with Gasteiger partial charge in [-0.2, -0.15) is 5.10 Å². The number of aryl methyl sites for hydroxylation is 1. The number of aromatic amines is 1. The molecule has 0 aliphatic heterocycles. The van der Waals surface area contributed by atoms with Crippen molar-refractivity contribution >= 4 is 0 Å². The van der Waals surface area contributed by atoms with Crippen LogP contribution >= 0.6 is 0 Å².